The number of nitrogens with one attached hydrogen (secondary N) is 1. The first-order valence-electron chi connectivity index (χ1n) is 6.47. The van der Waals surface area contributed by atoms with Gasteiger partial charge in [-0.1, -0.05) is 17.7 Å². The lowest BCUT2D eigenvalue weighted by Gasteiger charge is -2.27. The highest BCUT2D eigenvalue weighted by Crippen LogP contribution is 2.26. The molecule has 18 heavy (non-hydrogen) atoms. The van der Waals surface area contributed by atoms with Gasteiger partial charge in [0.15, 0.2) is 0 Å². The van der Waals surface area contributed by atoms with Gasteiger partial charge in [-0.15, -0.1) is 0 Å². The maximum absolute atomic E-state index is 11.3. The Morgan fingerprint density at radius 2 is 2.06 bits per heavy atom. The molecule has 0 spiro atoms. The molecular formula is C14H21NO2S. The third-order valence-electron chi connectivity index (χ3n) is 3.52. The number of hydrogen-bond acceptors (Lipinski definition) is 3. The van der Waals surface area contributed by atoms with Crippen LogP contribution in [0.25, 0.3) is 0 Å². The molecule has 1 heterocycles. The standard InChI is InChI=1S/C14H21NO2S/c1-10-3-4-14(16)13(9-10)11(2)15-12-5-7-18(17)8-6-12/h3-4,9,11-12,15-16H,5-8H2,1-2H3. The lowest BCUT2D eigenvalue weighted by molar-refractivity contribution is 0.407. The fourth-order valence-electron chi connectivity index (χ4n) is 2.42. The molecule has 100 valence electrons. The summed E-state index contributed by atoms with van der Waals surface area (Å²) in [6.45, 7) is 4.10. The van der Waals surface area contributed by atoms with Crippen LogP contribution in [0.3, 0.4) is 0 Å². The van der Waals surface area contributed by atoms with Crippen LogP contribution in [0.5, 0.6) is 5.75 Å². The summed E-state index contributed by atoms with van der Waals surface area (Å²) >= 11 is 0. The molecular weight excluding hydrogens is 246 g/mol. The average Bonchev–Trinajstić information content (AvgIpc) is 2.35. The third kappa shape index (κ3) is 3.33. The van der Waals surface area contributed by atoms with E-state index in [0.717, 1.165) is 35.5 Å². The number of hydrogen-bond donors (Lipinski definition) is 2. The van der Waals surface area contributed by atoms with Gasteiger partial charge in [-0.2, -0.15) is 0 Å². The molecule has 1 unspecified atom stereocenters. The summed E-state index contributed by atoms with van der Waals surface area (Å²) in [6, 6.07) is 6.22. The summed E-state index contributed by atoms with van der Waals surface area (Å²) in [5.41, 5.74) is 2.10. The normalized spacial score (nSPS) is 25.9. The van der Waals surface area contributed by atoms with Crippen molar-refractivity contribution in [2.24, 2.45) is 0 Å². The molecule has 1 aromatic carbocycles. The van der Waals surface area contributed by atoms with E-state index in [0.29, 0.717) is 11.8 Å². The van der Waals surface area contributed by atoms with Gasteiger partial charge >= 0.3 is 0 Å². The zero-order valence-electron chi connectivity index (χ0n) is 11.0. The fourth-order valence-corrected chi connectivity index (χ4v) is 3.72. The number of benzene rings is 1. The van der Waals surface area contributed by atoms with E-state index in [1.807, 2.05) is 19.1 Å². The molecule has 0 amide bonds. The number of aromatic hydroxyl groups is 1. The zero-order chi connectivity index (χ0) is 13.1. The van der Waals surface area contributed by atoms with Crippen molar-refractivity contribution in [2.45, 2.75) is 38.8 Å². The van der Waals surface area contributed by atoms with Crippen molar-refractivity contribution in [3.05, 3.63) is 29.3 Å². The molecule has 1 atom stereocenters. The first kappa shape index (κ1) is 13.6. The second-order valence-corrected chi connectivity index (χ2v) is 6.77. The van der Waals surface area contributed by atoms with Gasteiger partial charge in [0.2, 0.25) is 0 Å². The Morgan fingerprint density at radius 3 is 2.72 bits per heavy atom. The molecule has 1 fully saturated rings. The van der Waals surface area contributed by atoms with Crippen molar-refractivity contribution >= 4 is 10.8 Å². The van der Waals surface area contributed by atoms with Gasteiger partial charge in [0, 0.05) is 40.0 Å². The second kappa shape index (κ2) is 5.85. The lowest BCUT2D eigenvalue weighted by Crippen LogP contribution is -2.37. The van der Waals surface area contributed by atoms with E-state index in [1.54, 1.807) is 6.07 Å². The number of aryl methyl sites for hydroxylation is 1. The van der Waals surface area contributed by atoms with Crippen molar-refractivity contribution in [3.8, 4) is 5.75 Å². The van der Waals surface area contributed by atoms with Crippen LogP contribution in [0.2, 0.25) is 0 Å². The number of phenols is 1. The summed E-state index contributed by atoms with van der Waals surface area (Å²) in [7, 11) is -0.618. The van der Waals surface area contributed by atoms with Crippen molar-refractivity contribution in [1.29, 1.82) is 0 Å². The second-order valence-electron chi connectivity index (χ2n) is 5.07. The van der Waals surface area contributed by atoms with Gasteiger partial charge in [-0.05, 0) is 32.8 Å². The number of phenolic OH excluding ortho intramolecular Hbond substituents is 1. The summed E-state index contributed by atoms with van der Waals surface area (Å²) in [6.07, 6.45) is 1.92. The first-order chi connectivity index (χ1) is 8.56. The van der Waals surface area contributed by atoms with Crippen molar-refractivity contribution in [1.82, 2.24) is 5.32 Å². The fraction of sp³-hybridized carbons (Fsp3) is 0.571. The maximum Gasteiger partial charge on any atom is 0.120 e. The third-order valence-corrected chi connectivity index (χ3v) is 4.91. The SMILES string of the molecule is Cc1ccc(O)c(C(C)NC2CCS(=O)CC2)c1. The van der Waals surface area contributed by atoms with Gasteiger partial charge in [0.1, 0.15) is 5.75 Å². The van der Waals surface area contributed by atoms with Crippen LogP contribution in [0.4, 0.5) is 0 Å². The Labute approximate surface area is 111 Å². The van der Waals surface area contributed by atoms with E-state index in [-0.39, 0.29) is 6.04 Å². The minimum Gasteiger partial charge on any atom is -0.508 e. The molecule has 1 aliphatic rings. The largest absolute Gasteiger partial charge is 0.508 e. The van der Waals surface area contributed by atoms with Crippen molar-refractivity contribution < 1.29 is 9.32 Å². The summed E-state index contributed by atoms with van der Waals surface area (Å²) in [5.74, 6) is 1.94. The van der Waals surface area contributed by atoms with Crippen LogP contribution in [-0.4, -0.2) is 26.9 Å². The topological polar surface area (TPSA) is 49.3 Å². The van der Waals surface area contributed by atoms with Crippen LogP contribution in [0.1, 0.15) is 36.9 Å². The molecule has 2 rings (SSSR count). The molecule has 3 nitrogen and oxygen atoms in total. The van der Waals surface area contributed by atoms with E-state index < -0.39 is 10.8 Å². The summed E-state index contributed by atoms with van der Waals surface area (Å²) in [5, 5.41) is 13.4. The predicted octanol–water partition coefficient (Wildman–Crippen LogP) is 2.26. The van der Waals surface area contributed by atoms with Crippen LogP contribution < -0.4 is 5.32 Å². The Hall–Kier alpha value is -0.870. The van der Waals surface area contributed by atoms with E-state index in [1.165, 1.54) is 0 Å². The zero-order valence-corrected chi connectivity index (χ0v) is 11.8. The van der Waals surface area contributed by atoms with Gasteiger partial charge in [0.05, 0.1) is 0 Å². The monoisotopic (exact) mass is 267 g/mol. The molecule has 0 aliphatic carbocycles. The minimum absolute atomic E-state index is 0.126. The van der Waals surface area contributed by atoms with Gasteiger partial charge in [-0.3, -0.25) is 4.21 Å². The molecule has 1 aliphatic heterocycles. The van der Waals surface area contributed by atoms with Gasteiger partial charge < -0.3 is 10.4 Å². The molecule has 2 N–H and O–H groups in total. The molecule has 0 aromatic heterocycles. The smallest absolute Gasteiger partial charge is 0.120 e. The van der Waals surface area contributed by atoms with E-state index in [9.17, 15) is 9.32 Å². The maximum atomic E-state index is 11.3. The number of rotatable bonds is 3. The van der Waals surface area contributed by atoms with Crippen LogP contribution in [-0.2, 0) is 10.8 Å². The highest BCUT2D eigenvalue weighted by Gasteiger charge is 2.20. The lowest BCUT2D eigenvalue weighted by atomic mass is 10.0. The van der Waals surface area contributed by atoms with Gasteiger partial charge in [0.25, 0.3) is 0 Å². The van der Waals surface area contributed by atoms with E-state index >= 15 is 0 Å². The molecule has 0 radical (unpaired) electrons. The Morgan fingerprint density at radius 1 is 1.39 bits per heavy atom. The molecule has 4 heteroatoms. The minimum atomic E-state index is -0.618. The highest BCUT2D eigenvalue weighted by atomic mass is 32.2. The van der Waals surface area contributed by atoms with Crippen LogP contribution in [0.15, 0.2) is 18.2 Å². The highest BCUT2D eigenvalue weighted by molar-refractivity contribution is 7.85. The summed E-state index contributed by atoms with van der Waals surface area (Å²) < 4.78 is 11.3. The van der Waals surface area contributed by atoms with Crippen molar-refractivity contribution in [2.75, 3.05) is 11.5 Å². The van der Waals surface area contributed by atoms with Crippen molar-refractivity contribution in [3.63, 3.8) is 0 Å². The quantitative estimate of drug-likeness (QED) is 0.883. The van der Waals surface area contributed by atoms with Crippen LogP contribution in [0, 0.1) is 6.92 Å². The van der Waals surface area contributed by atoms with E-state index in [2.05, 4.69) is 12.2 Å². The first-order valence-corrected chi connectivity index (χ1v) is 7.95. The molecule has 0 saturated carbocycles. The Balaban J connectivity index is 2.00. The van der Waals surface area contributed by atoms with E-state index in [4.69, 9.17) is 0 Å². The Bertz CT molecular complexity index is 437. The molecule has 1 saturated heterocycles. The van der Waals surface area contributed by atoms with Gasteiger partial charge in [-0.25, -0.2) is 0 Å². The van der Waals surface area contributed by atoms with Crippen LogP contribution >= 0.6 is 0 Å². The predicted molar refractivity (Wildman–Crippen MR) is 75.3 cm³/mol. The molecule has 0 bridgehead atoms. The Kier molecular flexibility index (Phi) is 4.40. The average molecular weight is 267 g/mol. The molecule has 1 aromatic rings. The summed E-state index contributed by atoms with van der Waals surface area (Å²) in [4.78, 5) is 0.